The molecule has 6 heteroatoms. The lowest BCUT2D eigenvalue weighted by molar-refractivity contribution is 0.589. The van der Waals surface area contributed by atoms with Crippen LogP contribution in [-0.4, -0.2) is 0 Å². The van der Waals surface area contributed by atoms with Crippen molar-refractivity contribution in [1.29, 1.82) is 0 Å². The van der Waals surface area contributed by atoms with E-state index in [1.807, 2.05) is 18.2 Å². The monoisotopic (exact) mass is 1530 g/mol. The quantitative estimate of drug-likeness (QED) is 0.114. The Labute approximate surface area is 683 Å². The zero-order valence-corrected chi connectivity index (χ0v) is 73.0. The van der Waals surface area contributed by atoms with E-state index in [0.717, 1.165) is 68.7 Å². The third-order valence-electron chi connectivity index (χ3n) is 21.0. The largest absolute Gasteiger partial charge is 0.309 e. The molecule has 576 valence electrons. The van der Waals surface area contributed by atoms with Crippen molar-refractivity contribution in [2.75, 3.05) is 14.7 Å². The molecule has 0 unspecified atom stereocenters. The number of hydrogen-bond acceptors (Lipinski definition) is 3. The highest BCUT2D eigenvalue weighted by Gasteiger charge is 2.29. The maximum Gasteiger partial charge on any atom is 0.0887 e. The van der Waals surface area contributed by atoms with Gasteiger partial charge in [0.25, 0.3) is 0 Å². The summed E-state index contributed by atoms with van der Waals surface area (Å²) in [4.78, 5) is 6.80. The van der Waals surface area contributed by atoms with Crippen molar-refractivity contribution in [2.24, 2.45) is 0 Å². The van der Waals surface area contributed by atoms with Crippen molar-refractivity contribution in [1.82, 2.24) is 0 Å². The third kappa shape index (κ3) is 21.0. The first-order chi connectivity index (χ1) is 51.9. The third-order valence-corrected chi connectivity index (χ3v) is 22.2. The van der Waals surface area contributed by atoms with E-state index in [0.29, 0.717) is 15.1 Å². The summed E-state index contributed by atoms with van der Waals surface area (Å²) in [6.07, 6.45) is 0.957. The fourth-order valence-electron chi connectivity index (χ4n) is 13.8. The molecule has 0 aliphatic rings. The summed E-state index contributed by atoms with van der Waals surface area (Å²) in [5, 5.41) is 1.77. The SMILES string of the molecule is CC(C)(C)c1ccc(Cc2ccc(C(C)(C)C)cc2-c2ccccc2)cc1.CC(C)(C)c1ccc(N(c2ccc(C(C)(C)C)cc2)c2cccc(Cl)c2Cl)cc1.CC(C)(C)c1ccc(N(c2ccc(C(C)(C)C)cc2)c2cccc(N(c3ccc(C(C)(C)C)cc3)c3ccc(C(C)(C)C)cc3-c3ccccc3)c2Cl)cc1. The molecule has 0 radical (unpaired) electrons. The summed E-state index contributed by atoms with van der Waals surface area (Å²) in [5.41, 5.74) is 27.8. The molecular formula is C105H120Cl3N3. The minimum atomic E-state index is -0.0234. The van der Waals surface area contributed by atoms with Gasteiger partial charge in [0.05, 0.1) is 37.8 Å². The molecule has 3 nitrogen and oxygen atoms in total. The molecule has 0 saturated heterocycles. The Morgan fingerprint density at radius 1 is 0.216 bits per heavy atom. The van der Waals surface area contributed by atoms with Crippen molar-refractivity contribution < 1.29 is 0 Å². The molecule has 0 N–H and O–H groups in total. The zero-order chi connectivity index (χ0) is 81.0. The Kier molecular flexibility index (Phi) is 25.6. The second-order valence-electron chi connectivity index (χ2n) is 38.1. The fourth-order valence-corrected chi connectivity index (χ4v) is 14.5. The average molecular weight is 1530 g/mol. The number of halogens is 3. The molecule has 0 saturated carbocycles. The van der Waals surface area contributed by atoms with Crippen LogP contribution in [0.1, 0.15) is 222 Å². The summed E-state index contributed by atoms with van der Waals surface area (Å²) in [6, 6.07) is 101. The van der Waals surface area contributed by atoms with E-state index in [2.05, 4.69) is 442 Å². The van der Waals surface area contributed by atoms with Crippen LogP contribution in [-0.2, 0) is 49.7 Å². The maximum atomic E-state index is 7.83. The molecule has 0 aromatic heterocycles. The van der Waals surface area contributed by atoms with Gasteiger partial charge in [0.1, 0.15) is 0 Å². The molecular weight excluding hydrogens is 1410 g/mol. The van der Waals surface area contributed by atoms with Crippen molar-refractivity contribution >= 4 is 86.0 Å². The first kappa shape index (κ1) is 84.4. The normalized spacial score (nSPS) is 12.3. The highest BCUT2D eigenvalue weighted by atomic mass is 35.5. The molecule has 0 bridgehead atoms. The second-order valence-corrected chi connectivity index (χ2v) is 39.3. The molecule has 0 aliphatic carbocycles. The first-order valence-corrected chi connectivity index (χ1v) is 40.6. The van der Waals surface area contributed by atoms with Crippen LogP contribution in [0.15, 0.2) is 279 Å². The molecule has 0 aliphatic heterocycles. The van der Waals surface area contributed by atoms with E-state index in [4.69, 9.17) is 34.8 Å². The molecule has 12 aromatic carbocycles. The van der Waals surface area contributed by atoms with Gasteiger partial charge in [-0.05, 0) is 219 Å². The highest BCUT2D eigenvalue weighted by Crippen LogP contribution is 2.51. The lowest BCUT2D eigenvalue weighted by Crippen LogP contribution is -2.17. The standard InChI is InChI=1S/C52H59ClN2.C27H32.C26H29Cl2N/c1-49(2,3)37-21-28-41(29-22-37)54(42-30-23-38(24-31-42)50(4,5)6)46-19-16-20-47(48(46)53)55(43-32-25-39(26-33-43)51(7,8)9)45-34-27-40(52(10,11)12)35-44(45)36-17-14-13-15-18-36;1-26(2,3)23-15-12-20(13-16-23)18-22-14-17-24(27(4,5)6)19-25(22)21-10-8-7-9-11-21;1-25(2,3)18-10-14-20(15-11-18)29(23-9-7-8-22(27)24(23)28)21-16-12-19(13-17-21)26(4,5)6/h13-35H,1-12H3;7-17,19H,18H2,1-6H3;7-17H,1-6H3. The molecule has 0 fully saturated rings. The Morgan fingerprint density at radius 2 is 0.477 bits per heavy atom. The molecule has 0 heterocycles. The maximum absolute atomic E-state index is 7.83. The van der Waals surface area contributed by atoms with Gasteiger partial charge in [0.15, 0.2) is 0 Å². The number of anilines is 9. The number of benzene rings is 12. The molecule has 0 amide bonds. The van der Waals surface area contributed by atoms with Gasteiger partial charge in [0, 0.05) is 34.0 Å². The average Bonchev–Trinajstić information content (AvgIpc) is 0.759. The van der Waals surface area contributed by atoms with Gasteiger partial charge in [-0.15, -0.1) is 0 Å². The summed E-state index contributed by atoms with van der Waals surface area (Å²) < 4.78 is 0. The van der Waals surface area contributed by atoms with Crippen molar-refractivity contribution in [3.8, 4) is 22.3 Å². The van der Waals surface area contributed by atoms with Crippen LogP contribution in [0.25, 0.3) is 22.3 Å². The first-order valence-electron chi connectivity index (χ1n) is 39.5. The zero-order valence-electron chi connectivity index (χ0n) is 70.7. The molecule has 12 rings (SSSR count). The Hall–Kier alpha value is -9.09. The van der Waals surface area contributed by atoms with Gasteiger partial charge in [-0.3, -0.25) is 0 Å². The number of rotatable bonds is 13. The van der Waals surface area contributed by atoms with Crippen molar-refractivity contribution in [2.45, 2.75) is 216 Å². The minimum Gasteiger partial charge on any atom is -0.309 e. The van der Waals surface area contributed by atoms with Crippen LogP contribution in [0.3, 0.4) is 0 Å². The lowest BCUT2D eigenvalue weighted by Gasteiger charge is -2.33. The van der Waals surface area contributed by atoms with E-state index >= 15 is 0 Å². The Morgan fingerprint density at radius 3 is 0.811 bits per heavy atom. The van der Waals surface area contributed by atoms with Gasteiger partial charge < -0.3 is 14.7 Å². The summed E-state index contributed by atoms with van der Waals surface area (Å²) in [5.74, 6) is 0. The second kappa shape index (κ2) is 33.7. The smallest absolute Gasteiger partial charge is 0.0887 e. The Bertz CT molecular complexity index is 4940. The van der Waals surface area contributed by atoms with Crippen molar-refractivity contribution in [3.63, 3.8) is 0 Å². The molecule has 12 aromatic rings. The van der Waals surface area contributed by atoms with Gasteiger partial charge >= 0.3 is 0 Å². The lowest BCUT2D eigenvalue weighted by atomic mass is 9.83. The van der Waals surface area contributed by atoms with Crippen LogP contribution in [0.2, 0.25) is 15.1 Å². The van der Waals surface area contributed by atoms with Crippen LogP contribution >= 0.6 is 34.8 Å². The van der Waals surface area contributed by atoms with E-state index in [1.54, 1.807) is 0 Å². The summed E-state index contributed by atoms with van der Waals surface area (Å²) in [7, 11) is 0. The predicted molar refractivity (Wildman–Crippen MR) is 488 cm³/mol. The van der Waals surface area contributed by atoms with Gasteiger partial charge in [-0.2, -0.15) is 0 Å². The fraction of sp³-hybridized carbons (Fsp3) is 0.314. The van der Waals surface area contributed by atoms with Gasteiger partial charge in [0.2, 0.25) is 0 Å². The Balaban J connectivity index is 0.000000196. The van der Waals surface area contributed by atoms with E-state index in [-0.39, 0.29) is 43.3 Å². The number of nitrogens with zero attached hydrogens (tertiary/aromatic N) is 3. The van der Waals surface area contributed by atoms with E-state index < -0.39 is 0 Å². The van der Waals surface area contributed by atoms with Crippen LogP contribution < -0.4 is 14.7 Å². The molecule has 0 atom stereocenters. The van der Waals surface area contributed by atoms with Crippen molar-refractivity contribution in [3.05, 3.63) is 350 Å². The molecule has 111 heavy (non-hydrogen) atoms. The van der Waals surface area contributed by atoms with Gasteiger partial charge in [-0.1, -0.05) is 383 Å². The van der Waals surface area contributed by atoms with Gasteiger partial charge in [-0.25, -0.2) is 0 Å². The van der Waals surface area contributed by atoms with Crippen LogP contribution in [0.5, 0.6) is 0 Å². The predicted octanol–water partition coefficient (Wildman–Crippen LogP) is 32.7. The summed E-state index contributed by atoms with van der Waals surface area (Å²) >= 11 is 20.8. The van der Waals surface area contributed by atoms with E-state index in [9.17, 15) is 0 Å². The number of hydrogen-bond donors (Lipinski definition) is 0. The minimum absolute atomic E-state index is 0.0234. The topological polar surface area (TPSA) is 9.72 Å². The van der Waals surface area contributed by atoms with Crippen LogP contribution in [0, 0.1) is 0 Å². The highest BCUT2D eigenvalue weighted by molar-refractivity contribution is 6.44. The summed E-state index contributed by atoms with van der Waals surface area (Å²) in [6.45, 7) is 54.1. The molecule has 0 spiro atoms. The van der Waals surface area contributed by atoms with E-state index in [1.165, 1.54) is 66.8 Å². The van der Waals surface area contributed by atoms with Crippen LogP contribution in [0.4, 0.5) is 51.2 Å².